The highest BCUT2D eigenvalue weighted by molar-refractivity contribution is 5.53. The number of hydrazine groups is 1. The summed E-state index contributed by atoms with van der Waals surface area (Å²) in [5, 5.41) is 1.08. The van der Waals surface area contributed by atoms with Crippen LogP contribution >= 0.6 is 0 Å². The average Bonchev–Trinajstić information content (AvgIpc) is 2.73. The van der Waals surface area contributed by atoms with E-state index >= 15 is 0 Å². The van der Waals surface area contributed by atoms with Gasteiger partial charge in [-0.25, -0.2) is 10.2 Å². The van der Waals surface area contributed by atoms with Crippen LogP contribution in [-0.2, 0) is 21.0 Å². The third-order valence-electron chi connectivity index (χ3n) is 2.29. The Labute approximate surface area is 104 Å². The fourth-order valence-corrected chi connectivity index (χ4v) is 1.36. The fourth-order valence-electron chi connectivity index (χ4n) is 1.36. The lowest BCUT2D eigenvalue weighted by atomic mass is 10.2. The van der Waals surface area contributed by atoms with Crippen molar-refractivity contribution in [2.45, 2.75) is 25.9 Å². The number of fused-ring (bicyclic) bond motifs is 1. The summed E-state index contributed by atoms with van der Waals surface area (Å²) in [5.41, 5.74) is 1.51. The van der Waals surface area contributed by atoms with Gasteiger partial charge in [-0.2, -0.15) is 5.17 Å². The summed E-state index contributed by atoms with van der Waals surface area (Å²) in [6.07, 6.45) is 3.37. The molecule has 1 heterocycles. The van der Waals surface area contributed by atoms with Gasteiger partial charge in [-0.1, -0.05) is 6.07 Å². The molecule has 0 radical (unpaired) electrons. The van der Waals surface area contributed by atoms with E-state index in [9.17, 15) is 14.0 Å². The van der Waals surface area contributed by atoms with Gasteiger partial charge in [0.05, 0.1) is 5.69 Å². The zero-order chi connectivity index (χ0) is 13.4. The Hall–Kier alpha value is -1.79. The third-order valence-corrected chi connectivity index (χ3v) is 2.29. The molecule has 1 aliphatic rings. The van der Waals surface area contributed by atoms with Crippen LogP contribution in [0.2, 0.25) is 0 Å². The van der Waals surface area contributed by atoms with Crippen LogP contribution in [-0.4, -0.2) is 12.6 Å². The molecule has 0 bridgehead atoms. The van der Waals surface area contributed by atoms with Crippen LogP contribution in [0.15, 0.2) is 18.2 Å². The van der Waals surface area contributed by atoms with Gasteiger partial charge >= 0.3 is 0 Å². The molecule has 18 heavy (non-hydrogen) atoms. The Morgan fingerprint density at radius 3 is 2.61 bits per heavy atom. The molecule has 1 aromatic rings. The number of hydrogen-bond donors (Lipinski definition) is 1. The highest BCUT2D eigenvalue weighted by Crippen LogP contribution is 2.26. The first-order chi connectivity index (χ1) is 8.69. The SMILES string of the molecule is NN1OCc2ccc(F)cc21.O=CCCCC=O. The molecular weight excluding hydrogens is 239 g/mol. The van der Waals surface area contributed by atoms with E-state index in [0.717, 1.165) is 23.3 Å². The molecule has 0 saturated carbocycles. The maximum absolute atomic E-state index is 12.6. The molecule has 2 N–H and O–H groups in total. The van der Waals surface area contributed by atoms with E-state index in [2.05, 4.69) is 0 Å². The molecule has 0 fully saturated rings. The molecule has 6 heteroatoms. The summed E-state index contributed by atoms with van der Waals surface area (Å²) in [6.45, 7) is 0.423. The summed E-state index contributed by atoms with van der Waals surface area (Å²) in [5.74, 6) is 5.06. The second kappa shape index (κ2) is 7.52. The zero-order valence-corrected chi connectivity index (χ0v) is 9.84. The second-order valence-electron chi connectivity index (χ2n) is 3.64. The van der Waals surface area contributed by atoms with Crippen molar-refractivity contribution in [1.82, 2.24) is 0 Å². The van der Waals surface area contributed by atoms with Gasteiger partial charge in [-0.05, 0) is 12.5 Å². The summed E-state index contributed by atoms with van der Waals surface area (Å²) in [4.78, 5) is 24.1. The highest BCUT2D eigenvalue weighted by atomic mass is 19.1. The van der Waals surface area contributed by atoms with E-state index in [1.807, 2.05) is 0 Å². The second-order valence-corrected chi connectivity index (χ2v) is 3.64. The predicted molar refractivity (Wildman–Crippen MR) is 63.8 cm³/mol. The summed E-state index contributed by atoms with van der Waals surface area (Å²) < 4.78 is 12.6. The molecule has 0 spiro atoms. The number of aldehydes is 2. The van der Waals surface area contributed by atoms with Gasteiger partial charge in [0.1, 0.15) is 25.0 Å². The smallest absolute Gasteiger partial charge is 0.125 e. The Bertz CT molecular complexity index is 404. The minimum Gasteiger partial charge on any atom is -0.303 e. The predicted octanol–water partition coefficient (Wildman–Crippen LogP) is 1.51. The lowest BCUT2D eigenvalue weighted by Crippen LogP contribution is -2.26. The number of rotatable bonds is 4. The molecule has 0 amide bonds. The number of hydrogen-bond acceptors (Lipinski definition) is 5. The Morgan fingerprint density at radius 2 is 2.00 bits per heavy atom. The first-order valence-electron chi connectivity index (χ1n) is 5.52. The van der Waals surface area contributed by atoms with Crippen LogP contribution in [0.5, 0.6) is 0 Å². The topological polar surface area (TPSA) is 72.6 Å². The van der Waals surface area contributed by atoms with Crippen molar-refractivity contribution in [2.75, 3.05) is 5.17 Å². The van der Waals surface area contributed by atoms with Crippen LogP contribution in [0.3, 0.4) is 0 Å². The monoisotopic (exact) mass is 254 g/mol. The van der Waals surface area contributed by atoms with E-state index in [1.54, 1.807) is 6.07 Å². The van der Waals surface area contributed by atoms with Crippen molar-refractivity contribution >= 4 is 18.3 Å². The maximum Gasteiger partial charge on any atom is 0.125 e. The molecule has 0 unspecified atom stereocenters. The number of carbonyl (C=O) groups is 2. The first kappa shape index (κ1) is 14.3. The molecule has 2 rings (SSSR count). The molecule has 0 aliphatic carbocycles. The Balaban J connectivity index is 0.000000203. The molecule has 1 aromatic carbocycles. The van der Waals surface area contributed by atoms with Gasteiger partial charge in [0.2, 0.25) is 0 Å². The molecular formula is C12H15FN2O3. The molecule has 0 aromatic heterocycles. The van der Waals surface area contributed by atoms with Crippen LogP contribution < -0.4 is 11.0 Å². The van der Waals surface area contributed by atoms with Gasteiger partial charge in [0.25, 0.3) is 0 Å². The average molecular weight is 254 g/mol. The fraction of sp³-hybridized carbons (Fsp3) is 0.333. The number of unbranched alkanes of at least 4 members (excludes halogenated alkanes) is 2. The van der Waals surface area contributed by atoms with Crippen LogP contribution in [0.1, 0.15) is 24.8 Å². The number of benzene rings is 1. The van der Waals surface area contributed by atoms with Gasteiger partial charge in [-0.15, -0.1) is 0 Å². The number of nitrogens with two attached hydrogens (primary N) is 1. The number of nitrogens with zero attached hydrogens (tertiary/aromatic N) is 1. The Kier molecular flexibility index (Phi) is 5.96. The van der Waals surface area contributed by atoms with Gasteiger partial charge < -0.3 is 9.59 Å². The van der Waals surface area contributed by atoms with Crippen LogP contribution in [0, 0.1) is 5.82 Å². The van der Waals surface area contributed by atoms with E-state index in [-0.39, 0.29) is 5.82 Å². The van der Waals surface area contributed by atoms with Crippen molar-refractivity contribution in [1.29, 1.82) is 0 Å². The van der Waals surface area contributed by atoms with Crippen molar-refractivity contribution < 1.29 is 18.8 Å². The summed E-state index contributed by atoms with van der Waals surface area (Å²) in [7, 11) is 0. The number of anilines is 1. The largest absolute Gasteiger partial charge is 0.303 e. The minimum absolute atomic E-state index is 0.301. The van der Waals surface area contributed by atoms with E-state index in [1.165, 1.54) is 12.1 Å². The third kappa shape index (κ3) is 4.23. The molecule has 1 aliphatic heterocycles. The number of halogens is 1. The summed E-state index contributed by atoms with van der Waals surface area (Å²) >= 11 is 0. The molecule has 98 valence electrons. The van der Waals surface area contributed by atoms with Crippen LogP contribution in [0.25, 0.3) is 0 Å². The van der Waals surface area contributed by atoms with Crippen molar-refractivity contribution in [2.24, 2.45) is 5.84 Å². The molecule has 0 saturated heterocycles. The zero-order valence-electron chi connectivity index (χ0n) is 9.84. The lowest BCUT2D eigenvalue weighted by molar-refractivity contribution is -0.108. The quantitative estimate of drug-likeness (QED) is 0.501. The maximum atomic E-state index is 12.6. The highest BCUT2D eigenvalue weighted by Gasteiger charge is 2.17. The van der Waals surface area contributed by atoms with E-state index in [4.69, 9.17) is 10.7 Å². The standard InChI is InChI=1S/C7H7FN2O.C5H8O2/c8-6-2-1-5-4-11-10(9)7(5)3-6;6-4-2-1-3-5-7/h1-3H,4,9H2;4-5H,1-3H2. The molecule has 5 nitrogen and oxygen atoms in total. The van der Waals surface area contributed by atoms with Crippen molar-refractivity contribution in [3.63, 3.8) is 0 Å². The van der Waals surface area contributed by atoms with Crippen molar-refractivity contribution in [3.05, 3.63) is 29.6 Å². The van der Waals surface area contributed by atoms with Crippen LogP contribution in [0.4, 0.5) is 10.1 Å². The van der Waals surface area contributed by atoms with Gasteiger partial charge in [-0.3, -0.25) is 4.84 Å². The van der Waals surface area contributed by atoms with Crippen molar-refractivity contribution in [3.8, 4) is 0 Å². The Morgan fingerprint density at radius 1 is 1.33 bits per heavy atom. The first-order valence-corrected chi connectivity index (χ1v) is 5.52. The summed E-state index contributed by atoms with van der Waals surface area (Å²) in [6, 6.07) is 4.40. The number of carbonyl (C=O) groups excluding carboxylic acids is 2. The molecule has 0 atom stereocenters. The van der Waals surface area contributed by atoms with Gasteiger partial charge in [0, 0.05) is 24.5 Å². The minimum atomic E-state index is -0.301. The van der Waals surface area contributed by atoms with E-state index < -0.39 is 0 Å². The normalized spacial score (nSPS) is 12.4. The van der Waals surface area contributed by atoms with E-state index in [0.29, 0.717) is 31.6 Å². The lowest BCUT2D eigenvalue weighted by Gasteiger charge is -2.08. The van der Waals surface area contributed by atoms with Gasteiger partial charge in [0.15, 0.2) is 0 Å².